The van der Waals surface area contributed by atoms with E-state index in [1.54, 1.807) is 0 Å². The summed E-state index contributed by atoms with van der Waals surface area (Å²) >= 11 is 0. The fourth-order valence-electron chi connectivity index (χ4n) is 3.43. The van der Waals surface area contributed by atoms with Gasteiger partial charge in [-0.2, -0.15) is 0 Å². The van der Waals surface area contributed by atoms with Crippen LogP contribution >= 0.6 is 9.35 Å². The summed E-state index contributed by atoms with van der Waals surface area (Å²) in [5.74, 6) is 1.33. The second-order valence-electron chi connectivity index (χ2n) is 8.99. The maximum absolute atomic E-state index is 12.5. The molecule has 0 amide bonds. The van der Waals surface area contributed by atoms with Gasteiger partial charge >= 0.3 is 0 Å². The molecule has 0 aliphatic heterocycles. The smallest absolute Gasteiger partial charge is 0.193 e. The predicted octanol–water partition coefficient (Wildman–Crippen LogP) is 6.57. The first-order valence-electron chi connectivity index (χ1n) is 10.3. The van der Waals surface area contributed by atoms with Crippen molar-refractivity contribution in [1.29, 1.82) is 0 Å². The van der Waals surface area contributed by atoms with Crippen molar-refractivity contribution in [2.24, 2.45) is 0 Å². The first-order valence-corrected chi connectivity index (χ1v) is 14.0. The molecule has 1 N–H and O–H groups in total. The Morgan fingerprint density at radius 2 is 1.33 bits per heavy atom. The average molecular weight is 388 g/mol. The molecule has 3 heteroatoms. The number of hydrogen-bond donors (Lipinski definition) is 2. The van der Waals surface area contributed by atoms with E-state index in [1.165, 1.54) is 44.3 Å². The van der Waals surface area contributed by atoms with Crippen LogP contribution in [0.2, 0.25) is 0 Å². The third-order valence-electron chi connectivity index (χ3n) is 5.02. The van der Waals surface area contributed by atoms with Gasteiger partial charge in [0.25, 0.3) is 0 Å². The van der Waals surface area contributed by atoms with Crippen LogP contribution < -0.4 is 4.72 Å². The summed E-state index contributed by atoms with van der Waals surface area (Å²) in [5.41, 5.74) is 2.60. The summed E-state index contributed by atoms with van der Waals surface area (Å²) in [5, 5.41) is 0. The number of rotatable bonds is 11. The number of thiol groups is 1. The van der Waals surface area contributed by atoms with E-state index in [9.17, 15) is 4.79 Å². The Bertz CT molecular complexity index is 714. The Hall–Kier alpha value is -1.74. The van der Waals surface area contributed by atoms with E-state index >= 15 is 0 Å². The van der Waals surface area contributed by atoms with E-state index in [2.05, 4.69) is 42.5 Å². The molecule has 0 aliphatic rings. The molecule has 150 valence electrons. The van der Waals surface area contributed by atoms with Crippen LogP contribution in [0.5, 0.6) is 0 Å². The molecule has 0 saturated carbocycles. The highest BCUT2D eigenvalue weighted by atomic mass is 32.3. The maximum atomic E-state index is 12.5. The molecular weight excluding hydrogens is 350 g/mol. The van der Waals surface area contributed by atoms with E-state index in [1.807, 2.05) is 42.5 Å². The number of anilines is 1. The highest BCUT2D eigenvalue weighted by Gasteiger charge is 2.23. The van der Waals surface area contributed by atoms with Gasteiger partial charge in [0, 0.05) is 16.8 Å². The van der Waals surface area contributed by atoms with Gasteiger partial charge in [-0.05, 0) is 55.2 Å². The Morgan fingerprint density at radius 3 is 1.96 bits per heavy atom. The normalized spacial score (nSPS) is 13.0. The van der Waals surface area contributed by atoms with E-state index in [4.69, 9.17) is 0 Å². The zero-order valence-electron chi connectivity index (χ0n) is 17.5. The molecule has 0 saturated heterocycles. The lowest BCUT2D eigenvalue weighted by Gasteiger charge is -2.54. The Labute approximate surface area is 166 Å². The lowest BCUT2D eigenvalue weighted by Crippen LogP contribution is -2.26. The van der Waals surface area contributed by atoms with Gasteiger partial charge < -0.3 is 4.72 Å². The minimum atomic E-state index is -1.93. The molecule has 27 heavy (non-hydrogen) atoms. The van der Waals surface area contributed by atoms with E-state index in [-0.39, 0.29) is 5.78 Å². The molecule has 2 aromatic rings. The van der Waals surface area contributed by atoms with Gasteiger partial charge in [0.2, 0.25) is 0 Å². The Balaban J connectivity index is 1.93. The van der Waals surface area contributed by atoms with Gasteiger partial charge in [-0.15, -0.1) is 0 Å². The van der Waals surface area contributed by atoms with E-state index < -0.39 is 9.35 Å². The van der Waals surface area contributed by atoms with Crippen LogP contribution in [0.4, 0.5) is 5.69 Å². The highest BCUT2D eigenvalue weighted by Crippen LogP contribution is 2.59. The number of ketones is 1. The molecule has 0 atom stereocenters. The molecule has 0 heterocycles. The highest BCUT2D eigenvalue weighted by molar-refractivity contribution is 8.49. The summed E-state index contributed by atoms with van der Waals surface area (Å²) in [7, 11) is -1.93. The van der Waals surface area contributed by atoms with E-state index in [0.29, 0.717) is 0 Å². The third kappa shape index (κ3) is 7.42. The van der Waals surface area contributed by atoms with Gasteiger partial charge in [-0.25, -0.2) is 9.35 Å². The number of unbranched alkanes of at least 4 members (excludes halogenated alkanes) is 5. The average Bonchev–Trinajstić information content (AvgIpc) is 2.64. The SMILES string of the molecule is CCCCCCCC[SH](C)(C)(C)Nc1ccc(C(=O)c2ccccc2)cc1. The maximum Gasteiger partial charge on any atom is 0.193 e. The van der Waals surface area contributed by atoms with Gasteiger partial charge in [-0.3, -0.25) is 4.79 Å². The molecule has 2 rings (SSSR count). The van der Waals surface area contributed by atoms with Crippen molar-refractivity contribution < 1.29 is 4.79 Å². The van der Waals surface area contributed by atoms with Crippen LogP contribution in [0, 0.1) is 0 Å². The predicted molar refractivity (Wildman–Crippen MR) is 125 cm³/mol. The van der Waals surface area contributed by atoms with Crippen molar-refractivity contribution in [3.8, 4) is 0 Å². The Morgan fingerprint density at radius 1 is 0.778 bits per heavy atom. The summed E-state index contributed by atoms with van der Waals surface area (Å²) in [4.78, 5) is 12.5. The van der Waals surface area contributed by atoms with Gasteiger partial charge in [0.15, 0.2) is 5.78 Å². The number of carbonyl (C=O) groups excluding carboxylic acids is 1. The van der Waals surface area contributed by atoms with Crippen LogP contribution in [0.3, 0.4) is 0 Å². The van der Waals surface area contributed by atoms with E-state index in [0.717, 1.165) is 16.8 Å². The molecule has 0 aliphatic carbocycles. The van der Waals surface area contributed by atoms with Crippen molar-refractivity contribution in [3.05, 3.63) is 65.7 Å². The lowest BCUT2D eigenvalue weighted by atomic mass is 10.0. The Kier molecular flexibility index (Phi) is 7.55. The monoisotopic (exact) mass is 387 g/mol. The summed E-state index contributed by atoms with van der Waals surface area (Å²) in [6, 6.07) is 17.5. The van der Waals surface area contributed by atoms with Crippen LogP contribution in [0.15, 0.2) is 54.6 Å². The molecular formula is C24H37NOS. The molecule has 0 unspecified atom stereocenters. The van der Waals surface area contributed by atoms with Crippen LogP contribution in [0.25, 0.3) is 0 Å². The van der Waals surface area contributed by atoms with Gasteiger partial charge in [0.1, 0.15) is 0 Å². The summed E-state index contributed by atoms with van der Waals surface area (Å²) in [6.07, 6.45) is 15.2. The topological polar surface area (TPSA) is 29.1 Å². The number of nitrogens with one attached hydrogen (secondary N) is 1. The van der Waals surface area contributed by atoms with Crippen molar-refractivity contribution in [1.82, 2.24) is 0 Å². The van der Waals surface area contributed by atoms with Crippen LogP contribution in [-0.4, -0.2) is 30.3 Å². The molecule has 2 aromatic carbocycles. The third-order valence-corrected chi connectivity index (χ3v) is 7.99. The van der Waals surface area contributed by atoms with Crippen molar-refractivity contribution in [2.75, 3.05) is 29.2 Å². The largest absolute Gasteiger partial charge is 0.364 e. The van der Waals surface area contributed by atoms with Crippen molar-refractivity contribution >= 4 is 20.8 Å². The fourth-order valence-corrected chi connectivity index (χ4v) is 5.98. The zero-order valence-corrected chi connectivity index (χ0v) is 18.4. The van der Waals surface area contributed by atoms with Crippen LogP contribution in [0.1, 0.15) is 61.4 Å². The number of benzene rings is 2. The summed E-state index contributed by atoms with van der Waals surface area (Å²) in [6.45, 7) is 2.26. The molecule has 0 radical (unpaired) electrons. The number of carbonyl (C=O) groups is 1. The zero-order chi connectivity index (χ0) is 19.8. The van der Waals surface area contributed by atoms with Crippen LogP contribution in [-0.2, 0) is 0 Å². The molecule has 0 bridgehead atoms. The minimum Gasteiger partial charge on any atom is -0.364 e. The van der Waals surface area contributed by atoms with Crippen molar-refractivity contribution in [2.45, 2.75) is 45.4 Å². The first-order chi connectivity index (χ1) is 12.8. The second-order valence-corrected chi connectivity index (χ2v) is 15.9. The molecule has 0 aromatic heterocycles. The quantitative estimate of drug-likeness (QED) is 0.259. The number of hydrogen-bond acceptors (Lipinski definition) is 2. The standard InChI is InChI=1S/C24H37NOS/c1-5-6-7-8-9-13-20-27(2,3,4)25-23-18-16-22(17-19-23)24(26)21-14-11-10-12-15-21/h10-12,14-19,25,27H,5-9,13,20H2,1-4H3. The second kappa shape index (κ2) is 9.45. The molecule has 0 fully saturated rings. The molecule has 0 spiro atoms. The fraction of sp³-hybridized carbons (Fsp3) is 0.458. The van der Waals surface area contributed by atoms with Crippen molar-refractivity contribution in [3.63, 3.8) is 0 Å². The lowest BCUT2D eigenvalue weighted by molar-refractivity contribution is 0.103. The van der Waals surface area contributed by atoms with Gasteiger partial charge in [0.05, 0.1) is 0 Å². The first kappa shape index (κ1) is 21.6. The minimum absolute atomic E-state index is 0.0798. The summed E-state index contributed by atoms with van der Waals surface area (Å²) < 4.78 is 3.82. The molecule has 2 nitrogen and oxygen atoms in total. The van der Waals surface area contributed by atoms with Gasteiger partial charge in [-0.1, -0.05) is 69.4 Å².